The van der Waals surface area contributed by atoms with Gasteiger partial charge in [0.15, 0.2) is 0 Å². The highest BCUT2D eigenvalue weighted by Gasteiger charge is 2.42. The maximum absolute atomic E-state index is 13.8. The minimum absolute atomic E-state index is 0.0729. The molecule has 2 aromatic carbocycles. The lowest BCUT2D eigenvalue weighted by Gasteiger charge is -2.15. The van der Waals surface area contributed by atoms with Crippen molar-refractivity contribution in [1.29, 1.82) is 0 Å². The van der Waals surface area contributed by atoms with E-state index in [1.54, 1.807) is 12.1 Å². The Morgan fingerprint density at radius 3 is 2.10 bits per heavy atom. The van der Waals surface area contributed by atoms with Crippen LogP contribution in [0.1, 0.15) is 12.5 Å². The summed E-state index contributed by atoms with van der Waals surface area (Å²) in [5, 5.41) is 0. The Labute approximate surface area is 116 Å². The third-order valence-corrected chi connectivity index (χ3v) is 2.89. The van der Waals surface area contributed by atoms with E-state index in [-0.39, 0.29) is 12.2 Å². The molecule has 104 valence electrons. The molecule has 2 rings (SSSR count). The standard InChI is InChI=1S/C16H14F2O2/c1-2-20-15(19)16(17,18)14-10-8-13(9-11-14)12-6-4-3-5-7-12/h3-11H,2H2,1H3. The molecule has 0 heterocycles. The van der Waals surface area contributed by atoms with Crippen LogP contribution in [0.25, 0.3) is 11.1 Å². The average Bonchev–Trinajstić information content (AvgIpc) is 2.48. The lowest BCUT2D eigenvalue weighted by molar-refractivity contribution is -0.173. The van der Waals surface area contributed by atoms with Crippen molar-refractivity contribution >= 4 is 5.97 Å². The van der Waals surface area contributed by atoms with E-state index in [2.05, 4.69) is 4.74 Å². The van der Waals surface area contributed by atoms with Crippen molar-refractivity contribution in [3.05, 3.63) is 60.2 Å². The molecule has 0 radical (unpaired) electrons. The Morgan fingerprint density at radius 2 is 1.55 bits per heavy atom. The largest absolute Gasteiger partial charge is 0.461 e. The number of carbonyl (C=O) groups is 1. The molecule has 0 amide bonds. The summed E-state index contributed by atoms with van der Waals surface area (Å²) in [6.07, 6.45) is 0. The summed E-state index contributed by atoms with van der Waals surface area (Å²) >= 11 is 0. The van der Waals surface area contributed by atoms with E-state index in [9.17, 15) is 13.6 Å². The van der Waals surface area contributed by atoms with Crippen molar-refractivity contribution < 1.29 is 18.3 Å². The molecule has 0 unspecified atom stereocenters. The number of rotatable bonds is 4. The van der Waals surface area contributed by atoms with Gasteiger partial charge in [-0.2, -0.15) is 8.78 Å². The van der Waals surface area contributed by atoms with Gasteiger partial charge in [-0.25, -0.2) is 4.79 Å². The van der Waals surface area contributed by atoms with Crippen LogP contribution < -0.4 is 0 Å². The Bertz CT molecular complexity index is 577. The van der Waals surface area contributed by atoms with Gasteiger partial charge in [-0.15, -0.1) is 0 Å². The first kappa shape index (κ1) is 14.2. The van der Waals surface area contributed by atoms with Crippen LogP contribution in [0.5, 0.6) is 0 Å². The van der Waals surface area contributed by atoms with Gasteiger partial charge in [0.1, 0.15) is 0 Å². The second kappa shape index (κ2) is 5.82. The van der Waals surface area contributed by atoms with Crippen molar-refractivity contribution in [1.82, 2.24) is 0 Å². The van der Waals surface area contributed by atoms with Gasteiger partial charge in [0.25, 0.3) is 0 Å². The summed E-state index contributed by atoms with van der Waals surface area (Å²) in [4.78, 5) is 11.2. The molecule has 0 saturated heterocycles. The summed E-state index contributed by atoms with van der Waals surface area (Å²) in [6, 6.07) is 15.0. The van der Waals surface area contributed by atoms with Crippen LogP contribution in [0.3, 0.4) is 0 Å². The predicted octanol–water partition coefficient (Wildman–Crippen LogP) is 4.01. The van der Waals surface area contributed by atoms with Crippen LogP contribution in [0.15, 0.2) is 54.6 Å². The number of benzene rings is 2. The zero-order valence-corrected chi connectivity index (χ0v) is 11.0. The van der Waals surface area contributed by atoms with Crippen molar-refractivity contribution in [2.75, 3.05) is 6.61 Å². The number of carbonyl (C=O) groups excluding carboxylic acids is 1. The average molecular weight is 276 g/mol. The van der Waals surface area contributed by atoms with Gasteiger partial charge < -0.3 is 4.74 Å². The molecule has 0 spiro atoms. The minimum atomic E-state index is -3.62. The van der Waals surface area contributed by atoms with Crippen LogP contribution in [0.4, 0.5) is 8.78 Å². The molecule has 0 aromatic heterocycles. The quantitative estimate of drug-likeness (QED) is 0.789. The number of halogens is 2. The van der Waals surface area contributed by atoms with Gasteiger partial charge in [-0.3, -0.25) is 0 Å². The normalized spacial score (nSPS) is 11.2. The first-order valence-corrected chi connectivity index (χ1v) is 6.26. The molecule has 20 heavy (non-hydrogen) atoms. The fourth-order valence-electron chi connectivity index (χ4n) is 1.84. The molecule has 0 atom stereocenters. The van der Waals surface area contributed by atoms with Crippen molar-refractivity contribution in [3.63, 3.8) is 0 Å². The van der Waals surface area contributed by atoms with Crippen LogP contribution in [-0.2, 0) is 15.5 Å². The molecule has 0 saturated carbocycles. The van der Waals surface area contributed by atoms with Gasteiger partial charge in [0.05, 0.1) is 6.61 Å². The number of alkyl halides is 2. The lowest BCUT2D eigenvalue weighted by Crippen LogP contribution is -2.28. The third-order valence-electron chi connectivity index (χ3n) is 2.89. The second-order valence-electron chi connectivity index (χ2n) is 4.24. The summed E-state index contributed by atoms with van der Waals surface area (Å²) in [6.45, 7) is 1.42. The minimum Gasteiger partial charge on any atom is -0.461 e. The maximum atomic E-state index is 13.8. The predicted molar refractivity (Wildman–Crippen MR) is 72.4 cm³/mol. The van der Waals surface area contributed by atoms with E-state index < -0.39 is 11.9 Å². The Morgan fingerprint density at radius 1 is 1.00 bits per heavy atom. The summed E-state index contributed by atoms with van der Waals surface area (Å²) in [5.41, 5.74) is 1.38. The third kappa shape index (κ3) is 2.85. The number of hydrogen-bond acceptors (Lipinski definition) is 2. The SMILES string of the molecule is CCOC(=O)C(F)(F)c1ccc(-c2ccccc2)cc1. The molecule has 4 heteroatoms. The van der Waals surface area contributed by atoms with E-state index in [4.69, 9.17) is 0 Å². The van der Waals surface area contributed by atoms with Crippen molar-refractivity contribution in [2.24, 2.45) is 0 Å². The topological polar surface area (TPSA) is 26.3 Å². The van der Waals surface area contributed by atoms with Crippen LogP contribution in [0, 0.1) is 0 Å². The highest BCUT2D eigenvalue weighted by Crippen LogP contribution is 2.31. The Balaban J connectivity index is 2.26. The van der Waals surface area contributed by atoms with Crippen LogP contribution in [-0.4, -0.2) is 12.6 Å². The molecular formula is C16H14F2O2. The fourth-order valence-corrected chi connectivity index (χ4v) is 1.84. The molecule has 0 fully saturated rings. The summed E-state index contributed by atoms with van der Waals surface area (Å²) < 4.78 is 32.0. The molecule has 2 nitrogen and oxygen atoms in total. The smallest absolute Gasteiger partial charge is 0.381 e. The number of ether oxygens (including phenoxy) is 1. The van der Waals surface area contributed by atoms with Gasteiger partial charge >= 0.3 is 11.9 Å². The van der Waals surface area contributed by atoms with Gasteiger partial charge in [0, 0.05) is 5.56 Å². The van der Waals surface area contributed by atoms with E-state index in [1.807, 2.05) is 30.3 Å². The van der Waals surface area contributed by atoms with E-state index in [0.717, 1.165) is 11.1 Å². The summed E-state index contributed by atoms with van der Waals surface area (Å²) in [5.74, 6) is -5.14. The Hall–Kier alpha value is -2.23. The zero-order chi connectivity index (χ0) is 14.6. The molecule has 0 N–H and O–H groups in total. The van der Waals surface area contributed by atoms with Gasteiger partial charge in [0.2, 0.25) is 0 Å². The van der Waals surface area contributed by atoms with Crippen molar-refractivity contribution in [3.8, 4) is 11.1 Å². The van der Waals surface area contributed by atoms with Gasteiger partial charge in [-0.1, -0.05) is 54.6 Å². The molecule has 0 bridgehead atoms. The fraction of sp³-hybridized carbons (Fsp3) is 0.188. The van der Waals surface area contributed by atoms with E-state index in [1.165, 1.54) is 19.1 Å². The molecule has 0 aliphatic carbocycles. The van der Waals surface area contributed by atoms with E-state index >= 15 is 0 Å². The van der Waals surface area contributed by atoms with Crippen molar-refractivity contribution in [2.45, 2.75) is 12.8 Å². The maximum Gasteiger partial charge on any atom is 0.381 e. The first-order valence-electron chi connectivity index (χ1n) is 6.26. The number of hydrogen-bond donors (Lipinski definition) is 0. The molecule has 2 aromatic rings. The van der Waals surface area contributed by atoms with E-state index in [0.29, 0.717) is 0 Å². The highest BCUT2D eigenvalue weighted by atomic mass is 19.3. The van der Waals surface area contributed by atoms with Gasteiger partial charge in [-0.05, 0) is 18.1 Å². The number of esters is 1. The monoisotopic (exact) mass is 276 g/mol. The molecular weight excluding hydrogens is 262 g/mol. The first-order chi connectivity index (χ1) is 9.55. The lowest BCUT2D eigenvalue weighted by atomic mass is 10.0. The van der Waals surface area contributed by atoms with Crippen LogP contribution in [0.2, 0.25) is 0 Å². The zero-order valence-electron chi connectivity index (χ0n) is 11.0. The molecule has 0 aliphatic rings. The summed E-state index contributed by atoms with van der Waals surface area (Å²) in [7, 11) is 0. The molecule has 0 aliphatic heterocycles. The van der Waals surface area contributed by atoms with Crippen LogP contribution >= 0.6 is 0 Å². The Kier molecular flexibility index (Phi) is 4.13. The highest BCUT2D eigenvalue weighted by molar-refractivity contribution is 5.79. The second-order valence-corrected chi connectivity index (χ2v) is 4.24.